The van der Waals surface area contributed by atoms with Crippen molar-refractivity contribution < 1.29 is 19.7 Å². The highest BCUT2D eigenvalue weighted by atomic mass is 16.5. The van der Waals surface area contributed by atoms with Crippen LogP contribution in [0.15, 0.2) is 12.1 Å². The van der Waals surface area contributed by atoms with Gasteiger partial charge >= 0.3 is 0 Å². The van der Waals surface area contributed by atoms with E-state index in [0.29, 0.717) is 24.3 Å². The zero-order chi connectivity index (χ0) is 11.3. The highest BCUT2D eigenvalue weighted by Crippen LogP contribution is 2.26. The van der Waals surface area contributed by atoms with E-state index in [2.05, 4.69) is 0 Å². The van der Waals surface area contributed by atoms with Crippen LogP contribution in [0.2, 0.25) is 0 Å². The van der Waals surface area contributed by atoms with E-state index in [1.54, 1.807) is 26.4 Å². The number of methoxy groups -OCH3 is 2. The first-order chi connectivity index (χ1) is 7.22. The summed E-state index contributed by atoms with van der Waals surface area (Å²) in [4.78, 5) is 0. The SMILES string of the molecule is COCc1cc(CO)cc(COC)c1O. The zero-order valence-corrected chi connectivity index (χ0v) is 8.99. The quantitative estimate of drug-likeness (QED) is 0.769. The Balaban J connectivity index is 3.08. The summed E-state index contributed by atoms with van der Waals surface area (Å²) >= 11 is 0. The molecule has 2 N–H and O–H groups in total. The molecule has 1 rings (SSSR count). The van der Waals surface area contributed by atoms with Crippen LogP contribution in [0.3, 0.4) is 0 Å². The molecule has 0 atom stereocenters. The minimum absolute atomic E-state index is 0.0618. The van der Waals surface area contributed by atoms with E-state index in [1.807, 2.05) is 0 Å². The first kappa shape index (κ1) is 12.0. The first-order valence-corrected chi connectivity index (χ1v) is 4.65. The second-order valence-corrected chi connectivity index (χ2v) is 3.29. The molecule has 0 saturated heterocycles. The molecule has 0 aliphatic heterocycles. The number of phenolic OH excluding ortho intramolecular Hbond substituents is 1. The lowest BCUT2D eigenvalue weighted by Crippen LogP contribution is -1.98. The minimum atomic E-state index is -0.0618. The van der Waals surface area contributed by atoms with Gasteiger partial charge in [0.25, 0.3) is 0 Å². The summed E-state index contributed by atoms with van der Waals surface area (Å²) < 4.78 is 9.92. The van der Waals surface area contributed by atoms with Crippen LogP contribution in [0.4, 0.5) is 0 Å². The smallest absolute Gasteiger partial charge is 0.126 e. The van der Waals surface area contributed by atoms with Crippen molar-refractivity contribution in [3.8, 4) is 5.75 Å². The molecule has 4 heteroatoms. The molecule has 0 fully saturated rings. The Morgan fingerprint density at radius 3 is 1.87 bits per heavy atom. The van der Waals surface area contributed by atoms with Crippen molar-refractivity contribution in [3.05, 3.63) is 28.8 Å². The summed E-state index contributed by atoms with van der Waals surface area (Å²) in [6, 6.07) is 3.44. The molecule has 0 aromatic heterocycles. The van der Waals surface area contributed by atoms with E-state index in [4.69, 9.17) is 14.6 Å². The molecule has 0 aliphatic carbocycles. The number of phenols is 1. The van der Waals surface area contributed by atoms with E-state index in [0.717, 1.165) is 5.56 Å². The third-order valence-corrected chi connectivity index (χ3v) is 2.11. The Morgan fingerprint density at radius 1 is 1.07 bits per heavy atom. The largest absolute Gasteiger partial charge is 0.507 e. The summed E-state index contributed by atoms with van der Waals surface area (Å²) in [5.41, 5.74) is 2.07. The summed E-state index contributed by atoms with van der Waals surface area (Å²) in [7, 11) is 3.11. The van der Waals surface area contributed by atoms with Crippen molar-refractivity contribution in [2.45, 2.75) is 19.8 Å². The lowest BCUT2D eigenvalue weighted by Gasteiger charge is -2.11. The molecule has 84 valence electrons. The van der Waals surface area contributed by atoms with Crippen LogP contribution in [0, 0.1) is 0 Å². The van der Waals surface area contributed by atoms with Gasteiger partial charge in [-0.25, -0.2) is 0 Å². The van der Waals surface area contributed by atoms with Crippen LogP contribution in [0.1, 0.15) is 16.7 Å². The van der Waals surface area contributed by atoms with Crippen molar-refractivity contribution >= 4 is 0 Å². The van der Waals surface area contributed by atoms with Crippen LogP contribution in [0.5, 0.6) is 5.75 Å². The summed E-state index contributed by atoms with van der Waals surface area (Å²) in [5.74, 6) is 0.177. The molecule has 0 aliphatic rings. The Labute approximate surface area is 89.1 Å². The van der Waals surface area contributed by atoms with Crippen LogP contribution in [-0.2, 0) is 29.3 Å². The van der Waals surface area contributed by atoms with Gasteiger partial charge in [-0.2, -0.15) is 0 Å². The van der Waals surface area contributed by atoms with E-state index in [-0.39, 0.29) is 12.4 Å². The molecule has 0 radical (unpaired) electrons. The topological polar surface area (TPSA) is 58.9 Å². The van der Waals surface area contributed by atoms with Gasteiger partial charge in [0.15, 0.2) is 0 Å². The van der Waals surface area contributed by atoms with Gasteiger partial charge in [0, 0.05) is 25.3 Å². The lowest BCUT2D eigenvalue weighted by atomic mass is 10.0. The van der Waals surface area contributed by atoms with Gasteiger partial charge in [-0.3, -0.25) is 0 Å². The maximum atomic E-state index is 9.83. The van der Waals surface area contributed by atoms with Crippen molar-refractivity contribution in [1.29, 1.82) is 0 Å². The molecule has 0 spiro atoms. The fraction of sp³-hybridized carbons (Fsp3) is 0.455. The third-order valence-electron chi connectivity index (χ3n) is 2.11. The van der Waals surface area contributed by atoms with Gasteiger partial charge in [-0.1, -0.05) is 0 Å². The fourth-order valence-electron chi connectivity index (χ4n) is 1.45. The predicted octanol–water partition coefficient (Wildman–Crippen LogP) is 1.18. The van der Waals surface area contributed by atoms with Gasteiger partial charge in [-0.05, 0) is 17.7 Å². The monoisotopic (exact) mass is 212 g/mol. The van der Waals surface area contributed by atoms with Gasteiger partial charge in [0.1, 0.15) is 5.75 Å². The molecule has 0 heterocycles. The summed E-state index contributed by atoms with van der Waals surface area (Å²) in [6.45, 7) is 0.570. The number of aliphatic hydroxyl groups excluding tert-OH is 1. The Hall–Kier alpha value is -1.10. The zero-order valence-electron chi connectivity index (χ0n) is 8.99. The molecule has 0 amide bonds. The average molecular weight is 212 g/mol. The second-order valence-electron chi connectivity index (χ2n) is 3.29. The minimum Gasteiger partial charge on any atom is -0.507 e. The number of benzene rings is 1. The van der Waals surface area contributed by atoms with Crippen molar-refractivity contribution in [2.75, 3.05) is 14.2 Å². The first-order valence-electron chi connectivity index (χ1n) is 4.65. The van der Waals surface area contributed by atoms with Crippen LogP contribution < -0.4 is 0 Å². The Bertz CT molecular complexity index is 295. The molecule has 1 aromatic rings. The third kappa shape index (κ3) is 2.92. The highest BCUT2D eigenvalue weighted by molar-refractivity contribution is 5.43. The van der Waals surface area contributed by atoms with Gasteiger partial charge in [0.2, 0.25) is 0 Å². The van der Waals surface area contributed by atoms with Gasteiger partial charge < -0.3 is 19.7 Å². The molecule has 1 aromatic carbocycles. The van der Waals surface area contributed by atoms with Crippen LogP contribution >= 0.6 is 0 Å². The standard InChI is InChI=1S/C11H16O4/c1-14-6-9-3-8(5-12)4-10(7-15-2)11(9)13/h3-4,12-13H,5-7H2,1-2H3. The molecular formula is C11H16O4. The molecule has 0 saturated carbocycles. The summed E-state index contributed by atoms with van der Waals surface area (Å²) in [5, 5.41) is 18.9. The summed E-state index contributed by atoms with van der Waals surface area (Å²) in [6.07, 6.45) is 0. The number of hydrogen-bond acceptors (Lipinski definition) is 4. The number of hydrogen-bond donors (Lipinski definition) is 2. The van der Waals surface area contributed by atoms with E-state index < -0.39 is 0 Å². The van der Waals surface area contributed by atoms with Crippen molar-refractivity contribution in [2.24, 2.45) is 0 Å². The molecule has 0 bridgehead atoms. The second kappa shape index (κ2) is 5.70. The number of aliphatic hydroxyl groups is 1. The number of rotatable bonds is 5. The van der Waals surface area contributed by atoms with Gasteiger partial charge in [0.05, 0.1) is 19.8 Å². The molecule has 15 heavy (non-hydrogen) atoms. The number of ether oxygens (including phenoxy) is 2. The van der Waals surface area contributed by atoms with E-state index >= 15 is 0 Å². The highest BCUT2D eigenvalue weighted by Gasteiger charge is 2.09. The van der Waals surface area contributed by atoms with Gasteiger partial charge in [-0.15, -0.1) is 0 Å². The molecular weight excluding hydrogens is 196 g/mol. The molecule has 0 unspecified atom stereocenters. The van der Waals surface area contributed by atoms with Crippen molar-refractivity contribution in [1.82, 2.24) is 0 Å². The van der Waals surface area contributed by atoms with E-state index in [9.17, 15) is 5.11 Å². The predicted molar refractivity (Wildman–Crippen MR) is 55.5 cm³/mol. The van der Waals surface area contributed by atoms with E-state index in [1.165, 1.54) is 0 Å². The Morgan fingerprint density at radius 2 is 1.53 bits per heavy atom. The fourth-order valence-corrected chi connectivity index (χ4v) is 1.45. The normalized spacial score (nSPS) is 10.6. The Kier molecular flexibility index (Phi) is 4.55. The lowest BCUT2D eigenvalue weighted by molar-refractivity contribution is 0.174. The van der Waals surface area contributed by atoms with Crippen molar-refractivity contribution in [3.63, 3.8) is 0 Å². The van der Waals surface area contributed by atoms with Crippen LogP contribution in [0.25, 0.3) is 0 Å². The number of aromatic hydroxyl groups is 1. The molecule has 4 nitrogen and oxygen atoms in total. The maximum Gasteiger partial charge on any atom is 0.126 e. The van der Waals surface area contributed by atoms with Crippen LogP contribution in [-0.4, -0.2) is 24.4 Å². The average Bonchev–Trinajstić information content (AvgIpc) is 2.24. The maximum absolute atomic E-state index is 9.83.